The van der Waals surface area contributed by atoms with Crippen LogP contribution >= 0.6 is 24.2 Å². The molecule has 2 rings (SSSR count). The van der Waals surface area contributed by atoms with Gasteiger partial charge in [-0.2, -0.15) is 0 Å². The number of nitrogens with zero attached hydrogens (tertiary/aromatic N) is 1. The highest BCUT2D eigenvalue weighted by Gasteiger charge is 2.17. The van der Waals surface area contributed by atoms with Gasteiger partial charge in [0.15, 0.2) is 0 Å². The number of hydrogen-bond donors (Lipinski definition) is 1. The van der Waals surface area contributed by atoms with E-state index in [1.807, 2.05) is 0 Å². The lowest BCUT2D eigenvalue weighted by molar-refractivity contribution is 0.0993. The van der Waals surface area contributed by atoms with E-state index < -0.39 is 5.82 Å². The minimum absolute atomic E-state index is 0.313. The van der Waals surface area contributed by atoms with E-state index in [4.69, 9.17) is 11.6 Å². The first kappa shape index (κ1) is 13.9. The Morgan fingerprint density at radius 3 is 2.68 bits per heavy atom. The molecule has 0 N–H and O–H groups in total. The zero-order chi connectivity index (χ0) is 14.0. The highest BCUT2D eigenvalue weighted by atomic mass is 35.5. The SMILES string of the molecule is CN(C(=O)c1cc(S)ccc1Cl)c1cccc(F)c1. The lowest BCUT2D eigenvalue weighted by Gasteiger charge is -2.18. The summed E-state index contributed by atoms with van der Waals surface area (Å²) in [6, 6.07) is 10.7. The third-order valence-corrected chi connectivity index (χ3v) is 3.29. The first-order valence-corrected chi connectivity index (χ1v) is 6.33. The van der Waals surface area contributed by atoms with Gasteiger partial charge >= 0.3 is 0 Å². The second-order valence-corrected chi connectivity index (χ2v) is 4.93. The summed E-state index contributed by atoms with van der Waals surface area (Å²) in [6.07, 6.45) is 0. The molecule has 2 aromatic carbocycles. The van der Waals surface area contributed by atoms with Gasteiger partial charge in [0, 0.05) is 17.6 Å². The van der Waals surface area contributed by atoms with Gasteiger partial charge in [0.05, 0.1) is 10.6 Å². The fraction of sp³-hybridized carbons (Fsp3) is 0.0714. The zero-order valence-electron chi connectivity index (χ0n) is 10.1. The minimum Gasteiger partial charge on any atom is -0.311 e. The van der Waals surface area contributed by atoms with Crippen molar-refractivity contribution in [1.29, 1.82) is 0 Å². The van der Waals surface area contributed by atoms with Gasteiger partial charge in [0.2, 0.25) is 0 Å². The molecule has 2 aromatic rings. The number of amides is 1. The summed E-state index contributed by atoms with van der Waals surface area (Å²) < 4.78 is 13.2. The smallest absolute Gasteiger partial charge is 0.259 e. The van der Waals surface area contributed by atoms with Gasteiger partial charge in [0.1, 0.15) is 5.82 Å². The van der Waals surface area contributed by atoms with E-state index in [0.717, 1.165) is 0 Å². The molecule has 0 aliphatic heterocycles. The van der Waals surface area contributed by atoms with Crippen molar-refractivity contribution >= 4 is 35.8 Å². The second-order valence-electron chi connectivity index (χ2n) is 4.01. The van der Waals surface area contributed by atoms with Crippen LogP contribution in [-0.2, 0) is 0 Å². The van der Waals surface area contributed by atoms with Gasteiger partial charge in [-0.05, 0) is 36.4 Å². The lowest BCUT2D eigenvalue weighted by Crippen LogP contribution is -2.26. The largest absolute Gasteiger partial charge is 0.311 e. The van der Waals surface area contributed by atoms with Crippen LogP contribution < -0.4 is 4.90 Å². The normalized spacial score (nSPS) is 10.3. The molecule has 0 unspecified atom stereocenters. The van der Waals surface area contributed by atoms with Gasteiger partial charge in [-0.25, -0.2) is 4.39 Å². The van der Waals surface area contributed by atoms with Crippen molar-refractivity contribution in [2.24, 2.45) is 0 Å². The van der Waals surface area contributed by atoms with Crippen LogP contribution in [0.15, 0.2) is 47.4 Å². The Morgan fingerprint density at radius 1 is 1.26 bits per heavy atom. The van der Waals surface area contributed by atoms with Crippen LogP contribution in [0.2, 0.25) is 5.02 Å². The predicted molar refractivity (Wildman–Crippen MR) is 77.8 cm³/mol. The van der Waals surface area contributed by atoms with Crippen LogP contribution in [0.1, 0.15) is 10.4 Å². The summed E-state index contributed by atoms with van der Waals surface area (Å²) in [5, 5.41) is 0.339. The van der Waals surface area contributed by atoms with Gasteiger partial charge in [-0.3, -0.25) is 4.79 Å². The number of carbonyl (C=O) groups excluding carboxylic acids is 1. The first-order valence-electron chi connectivity index (χ1n) is 5.51. The average molecular weight is 296 g/mol. The Morgan fingerprint density at radius 2 is 2.00 bits per heavy atom. The van der Waals surface area contributed by atoms with E-state index >= 15 is 0 Å². The summed E-state index contributed by atoms with van der Waals surface area (Å²) >= 11 is 10.2. The van der Waals surface area contributed by atoms with Gasteiger partial charge in [-0.1, -0.05) is 17.7 Å². The molecule has 0 aliphatic rings. The highest BCUT2D eigenvalue weighted by molar-refractivity contribution is 7.80. The van der Waals surface area contributed by atoms with E-state index in [9.17, 15) is 9.18 Å². The molecule has 0 bridgehead atoms. The second kappa shape index (κ2) is 5.63. The Labute approximate surface area is 121 Å². The maximum atomic E-state index is 13.2. The van der Waals surface area contributed by atoms with Crippen molar-refractivity contribution in [2.45, 2.75) is 4.90 Å². The number of halogens is 2. The zero-order valence-corrected chi connectivity index (χ0v) is 11.8. The van der Waals surface area contributed by atoms with Crippen LogP contribution in [0, 0.1) is 5.82 Å². The monoisotopic (exact) mass is 295 g/mol. The minimum atomic E-state index is -0.397. The molecule has 1 amide bonds. The number of benzene rings is 2. The number of carbonyl (C=O) groups is 1. The Bertz CT molecular complexity index is 633. The molecular weight excluding hydrogens is 285 g/mol. The summed E-state index contributed by atoms with van der Waals surface area (Å²) in [5.74, 6) is -0.710. The molecule has 0 aromatic heterocycles. The molecule has 0 radical (unpaired) electrons. The van der Waals surface area contributed by atoms with Crippen LogP contribution in [0.4, 0.5) is 10.1 Å². The molecule has 2 nitrogen and oxygen atoms in total. The molecule has 0 saturated heterocycles. The Kier molecular flexibility index (Phi) is 4.12. The molecule has 0 aliphatic carbocycles. The molecule has 19 heavy (non-hydrogen) atoms. The maximum Gasteiger partial charge on any atom is 0.259 e. The van der Waals surface area contributed by atoms with Crippen LogP contribution in [0.25, 0.3) is 0 Å². The quantitative estimate of drug-likeness (QED) is 0.829. The first-order chi connectivity index (χ1) is 8.99. The molecule has 0 saturated carbocycles. The van der Waals surface area contributed by atoms with Crippen LogP contribution in [0.3, 0.4) is 0 Å². The molecule has 5 heteroatoms. The molecule has 98 valence electrons. The van der Waals surface area contributed by atoms with Gasteiger partial charge in [0.25, 0.3) is 5.91 Å². The number of anilines is 1. The van der Waals surface area contributed by atoms with Crippen LogP contribution in [-0.4, -0.2) is 13.0 Å². The fourth-order valence-corrected chi connectivity index (χ4v) is 2.06. The average Bonchev–Trinajstić information content (AvgIpc) is 2.40. The maximum absolute atomic E-state index is 13.2. The van der Waals surface area contributed by atoms with Crippen LogP contribution in [0.5, 0.6) is 0 Å². The number of hydrogen-bond acceptors (Lipinski definition) is 2. The molecular formula is C14H11ClFNOS. The van der Waals surface area contributed by atoms with E-state index in [-0.39, 0.29) is 5.91 Å². The van der Waals surface area contributed by atoms with E-state index in [2.05, 4.69) is 12.6 Å². The van der Waals surface area contributed by atoms with Gasteiger partial charge in [-0.15, -0.1) is 12.6 Å². The third-order valence-electron chi connectivity index (χ3n) is 2.68. The fourth-order valence-electron chi connectivity index (χ4n) is 1.66. The molecule has 0 spiro atoms. The van der Waals surface area contributed by atoms with Crippen molar-refractivity contribution in [3.05, 3.63) is 58.9 Å². The summed E-state index contributed by atoms with van der Waals surface area (Å²) in [7, 11) is 1.57. The highest BCUT2D eigenvalue weighted by Crippen LogP contribution is 2.23. The predicted octanol–water partition coefficient (Wildman–Crippen LogP) is 4.04. The molecule has 0 atom stereocenters. The van der Waals surface area contributed by atoms with Crippen molar-refractivity contribution in [1.82, 2.24) is 0 Å². The van der Waals surface area contributed by atoms with Crippen molar-refractivity contribution in [3.63, 3.8) is 0 Å². The van der Waals surface area contributed by atoms with Crippen molar-refractivity contribution < 1.29 is 9.18 Å². The topological polar surface area (TPSA) is 20.3 Å². The Hall–Kier alpha value is -1.52. The summed E-state index contributed by atoms with van der Waals surface area (Å²) in [6.45, 7) is 0. The Balaban J connectivity index is 2.36. The van der Waals surface area contributed by atoms with E-state index in [1.165, 1.54) is 17.0 Å². The standard InChI is InChI=1S/C14H11ClFNOS/c1-17(10-4-2-3-9(16)7-10)14(18)12-8-11(19)5-6-13(12)15/h2-8,19H,1H3. The van der Waals surface area contributed by atoms with Crippen molar-refractivity contribution in [3.8, 4) is 0 Å². The molecule has 0 heterocycles. The summed E-state index contributed by atoms with van der Waals surface area (Å²) in [5.41, 5.74) is 0.798. The summed E-state index contributed by atoms with van der Waals surface area (Å²) in [4.78, 5) is 14.3. The van der Waals surface area contributed by atoms with Gasteiger partial charge < -0.3 is 4.90 Å². The third kappa shape index (κ3) is 3.08. The van der Waals surface area contributed by atoms with E-state index in [1.54, 1.807) is 37.4 Å². The van der Waals surface area contributed by atoms with E-state index in [0.29, 0.717) is 21.2 Å². The number of rotatable bonds is 2. The molecule has 0 fully saturated rings. The van der Waals surface area contributed by atoms with Crippen molar-refractivity contribution in [2.75, 3.05) is 11.9 Å². The number of thiol groups is 1. The lowest BCUT2D eigenvalue weighted by atomic mass is 10.2.